The Morgan fingerprint density at radius 1 is 0.947 bits per heavy atom. The maximum Gasteiger partial charge on any atom is 0.339 e. The van der Waals surface area contributed by atoms with Gasteiger partial charge >= 0.3 is 5.97 Å². The summed E-state index contributed by atoms with van der Waals surface area (Å²) >= 11 is 1.34. The van der Waals surface area contributed by atoms with Gasteiger partial charge in [-0.1, -0.05) is 44.2 Å². The van der Waals surface area contributed by atoms with Crippen molar-refractivity contribution >= 4 is 35.2 Å². The Morgan fingerprint density at radius 3 is 2.26 bits per heavy atom. The number of benzene rings is 2. The lowest BCUT2D eigenvalue weighted by Crippen LogP contribution is -2.60. The number of carbonyl (C=O) groups excluding carboxylic acids is 3. The molecule has 4 saturated carbocycles. The number of carbonyl (C=O) groups is 3. The fourth-order valence-corrected chi connectivity index (χ4v) is 8.07. The van der Waals surface area contributed by atoms with E-state index in [1.54, 1.807) is 12.1 Å². The fraction of sp³-hybridized carbons (Fsp3) is 0.516. The van der Waals surface area contributed by atoms with Crippen LogP contribution in [0.3, 0.4) is 0 Å². The molecule has 0 radical (unpaired) electrons. The van der Waals surface area contributed by atoms with Crippen molar-refractivity contribution in [2.75, 3.05) is 17.7 Å². The summed E-state index contributed by atoms with van der Waals surface area (Å²) in [5.41, 5.74) is 3.11. The topological polar surface area (TPSA) is 84.5 Å². The Labute approximate surface area is 229 Å². The van der Waals surface area contributed by atoms with Crippen molar-refractivity contribution in [2.45, 2.75) is 75.6 Å². The van der Waals surface area contributed by atoms with Crippen LogP contribution in [0.4, 0.5) is 5.69 Å². The van der Waals surface area contributed by atoms with Crippen molar-refractivity contribution in [2.24, 2.45) is 17.8 Å². The molecule has 0 aromatic heterocycles. The largest absolute Gasteiger partial charge is 0.452 e. The van der Waals surface area contributed by atoms with Crippen molar-refractivity contribution in [1.29, 1.82) is 0 Å². The molecule has 0 heterocycles. The average molecular weight is 535 g/mol. The van der Waals surface area contributed by atoms with Gasteiger partial charge in [0.05, 0.1) is 11.3 Å². The van der Waals surface area contributed by atoms with Crippen LogP contribution in [-0.2, 0) is 14.3 Å². The first-order chi connectivity index (χ1) is 18.2. The highest BCUT2D eigenvalue weighted by molar-refractivity contribution is 8.00. The molecule has 2 N–H and O–H groups in total. The van der Waals surface area contributed by atoms with Gasteiger partial charge in [-0.05, 0) is 92.4 Å². The van der Waals surface area contributed by atoms with Crippen LogP contribution < -0.4 is 10.6 Å². The predicted octanol–water partition coefficient (Wildman–Crippen LogP) is 6.09. The molecule has 0 spiro atoms. The Bertz CT molecular complexity index is 1190. The second kappa shape index (κ2) is 11.1. The Morgan fingerprint density at radius 2 is 1.61 bits per heavy atom. The summed E-state index contributed by atoms with van der Waals surface area (Å²) in [5, 5.41) is 6.30. The number of rotatable bonds is 9. The van der Waals surface area contributed by atoms with E-state index < -0.39 is 5.97 Å². The van der Waals surface area contributed by atoms with E-state index in [0.717, 1.165) is 53.8 Å². The van der Waals surface area contributed by atoms with Crippen LogP contribution >= 0.6 is 11.8 Å². The van der Waals surface area contributed by atoms with Gasteiger partial charge in [0.2, 0.25) is 5.91 Å². The van der Waals surface area contributed by atoms with Gasteiger partial charge in [-0.15, -0.1) is 11.8 Å². The summed E-state index contributed by atoms with van der Waals surface area (Å²) in [4.78, 5) is 39.2. The first kappa shape index (κ1) is 26.8. The van der Waals surface area contributed by atoms with Gasteiger partial charge in [0, 0.05) is 16.1 Å². The molecule has 7 heteroatoms. The van der Waals surface area contributed by atoms with Crippen LogP contribution in [0, 0.1) is 24.7 Å². The predicted molar refractivity (Wildman–Crippen MR) is 150 cm³/mol. The minimum atomic E-state index is -0.571. The normalized spacial score (nSPS) is 25.3. The maximum atomic E-state index is 13.0. The maximum absolute atomic E-state index is 13.0. The lowest BCUT2D eigenvalue weighted by Gasteiger charge is -2.56. The van der Waals surface area contributed by atoms with Crippen molar-refractivity contribution in [1.82, 2.24) is 5.32 Å². The molecule has 4 bridgehead atoms. The number of amides is 2. The zero-order valence-corrected chi connectivity index (χ0v) is 23.4. The molecule has 2 amide bonds. The number of para-hydroxylation sites is 1. The van der Waals surface area contributed by atoms with Crippen molar-refractivity contribution in [3.05, 3.63) is 59.2 Å². The van der Waals surface area contributed by atoms with E-state index in [-0.39, 0.29) is 35.6 Å². The number of aryl methyl sites for hydroxylation is 1. The third-order valence-corrected chi connectivity index (χ3v) is 9.51. The minimum absolute atomic E-state index is 0.0231. The molecule has 0 atom stereocenters. The Kier molecular flexibility index (Phi) is 7.85. The van der Waals surface area contributed by atoms with Crippen LogP contribution in [0.25, 0.3) is 0 Å². The summed E-state index contributed by atoms with van der Waals surface area (Å²) in [5.74, 6) is 1.88. The van der Waals surface area contributed by atoms with E-state index in [2.05, 4.69) is 24.5 Å². The summed E-state index contributed by atoms with van der Waals surface area (Å²) in [6.45, 7) is 5.71. The number of ether oxygens (including phenoxy) is 1. The smallest absolute Gasteiger partial charge is 0.339 e. The first-order valence-corrected chi connectivity index (χ1v) is 14.8. The lowest BCUT2D eigenvalue weighted by molar-refractivity contribution is -0.124. The van der Waals surface area contributed by atoms with E-state index in [4.69, 9.17) is 4.74 Å². The molecule has 6 rings (SSSR count). The molecule has 0 unspecified atom stereocenters. The summed E-state index contributed by atoms with van der Waals surface area (Å²) in [6, 6.07) is 13.0. The van der Waals surface area contributed by atoms with E-state index >= 15 is 0 Å². The molecule has 0 saturated heterocycles. The van der Waals surface area contributed by atoms with Gasteiger partial charge in [0.15, 0.2) is 6.61 Å². The van der Waals surface area contributed by atoms with Gasteiger partial charge < -0.3 is 15.4 Å². The minimum Gasteiger partial charge on any atom is -0.452 e. The zero-order valence-electron chi connectivity index (χ0n) is 22.5. The highest BCUT2D eigenvalue weighted by Crippen LogP contribution is 2.55. The third kappa shape index (κ3) is 5.93. The van der Waals surface area contributed by atoms with Crippen LogP contribution in [0.2, 0.25) is 0 Å². The monoisotopic (exact) mass is 534 g/mol. The number of thioether (sulfide) groups is 1. The van der Waals surface area contributed by atoms with Gasteiger partial charge in [-0.25, -0.2) is 4.79 Å². The van der Waals surface area contributed by atoms with Crippen molar-refractivity contribution in [3.8, 4) is 0 Å². The van der Waals surface area contributed by atoms with Crippen LogP contribution in [0.5, 0.6) is 0 Å². The molecular weight excluding hydrogens is 496 g/mol. The van der Waals surface area contributed by atoms with Gasteiger partial charge in [0.1, 0.15) is 0 Å². The summed E-state index contributed by atoms with van der Waals surface area (Å²) < 4.78 is 5.38. The van der Waals surface area contributed by atoms with Crippen LogP contribution in [0.15, 0.2) is 47.4 Å². The fourth-order valence-electron chi connectivity index (χ4n) is 7.23. The molecule has 6 nitrogen and oxygen atoms in total. The number of nitrogens with one attached hydrogen (secondary N) is 2. The third-order valence-electron chi connectivity index (χ3n) is 8.43. The molecule has 4 aliphatic rings. The zero-order chi connectivity index (χ0) is 26.9. The number of anilines is 1. The number of hydrogen-bond donors (Lipinski definition) is 2. The molecule has 4 aliphatic carbocycles. The molecule has 4 fully saturated rings. The molecule has 2 aromatic rings. The molecule has 0 aliphatic heterocycles. The van der Waals surface area contributed by atoms with Gasteiger partial charge in [-0.2, -0.15) is 0 Å². The average Bonchev–Trinajstić information content (AvgIpc) is 2.86. The number of hydrogen-bond acceptors (Lipinski definition) is 5. The molecule has 202 valence electrons. The summed E-state index contributed by atoms with van der Waals surface area (Å²) in [6.07, 6.45) is 7.34. The summed E-state index contributed by atoms with van der Waals surface area (Å²) in [7, 11) is 0. The Hall–Kier alpha value is -2.80. The second-order valence-corrected chi connectivity index (χ2v) is 12.9. The molecule has 2 aromatic carbocycles. The highest BCUT2D eigenvalue weighted by Gasteiger charge is 2.51. The quantitative estimate of drug-likeness (QED) is 0.300. The van der Waals surface area contributed by atoms with Gasteiger partial charge in [0.25, 0.3) is 5.91 Å². The van der Waals surface area contributed by atoms with Crippen LogP contribution in [-0.4, -0.2) is 35.7 Å². The highest BCUT2D eigenvalue weighted by atomic mass is 32.2. The van der Waals surface area contributed by atoms with Gasteiger partial charge in [-0.3, -0.25) is 9.59 Å². The van der Waals surface area contributed by atoms with E-state index in [0.29, 0.717) is 10.5 Å². The van der Waals surface area contributed by atoms with E-state index in [9.17, 15) is 14.4 Å². The van der Waals surface area contributed by atoms with Crippen molar-refractivity contribution in [3.63, 3.8) is 0 Å². The standard InChI is InChI=1S/C31H38N2O4S/c1-19(2)24-9-6-7-20(3)29(24)32-27(34)17-37-30(36)25-8-4-5-10-26(25)38-18-28(35)33-31-14-21-11-22(15-31)13-23(12-21)16-31/h4-10,19,21-23H,11-18H2,1-3H3,(H,32,34)(H,33,35). The second-order valence-electron chi connectivity index (χ2n) is 11.8. The molecular formula is C31H38N2O4S. The Balaban J connectivity index is 1.15. The lowest BCUT2D eigenvalue weighted by atomic mass is 9.53. The van der Waals surface area contributed by atoms with Crippen molar-refractivity contribution < 1.29 is 19.1 Å². The van der Waals surface area contributed by atoms with Crippen LogP contribution in [0.1, 0.15) is 79.8 Å². The first-order valence-electron chi connectivity index (χ1n) is 13.8. The molecule has 38 heavy (non-hydrogen) atoms. The number of esters is 1. The van der Waals surface area contributed by atoms with E-state index in [1.165, 1.54) is 31.0 Å². The van der Waals surface area contributed by atoms with E-state index in [1.807, 2.05) is 37.3 Å². The SMILES string of the molecule is Cc1cccc(C(C)C)c1NC(=O)COC(=O)c1ccccc1SCC(=O)NC12CC3CC(CC(C3)C1)C2.